The van der Waals surface area contributed by atoms with Gasteiger partial charge in [0.1, 0.15) is 5.75 Å². The lowest BCUT2D eigenvalue weighted by molar-refractivity contribution is 0.410. The monoisotopic (exact) mass is 276 g/mol. The number of rotatable bonds is 5. The van der Waals surface area contributed by atoms with Gasteiger partial charge in [0.2, 0.25) is 0 Å². The van der Waals surface area contributed by atoms with Crippen molar-refractivity contribution in [3.8, 4) is 5.75 Å². The lowest BCUT2D eigenvalue weighted by Crippen LogP contribution is -2.30. The van der Waals surface area contributed by atoms with Gasteiger partial charge in [0, 0.05) is 11.3 Å². The van der Waals surface area contributed by atoms with Gasteiger partial charge < -0.3 is 4.74 Å². The van der Waals surface area contributed by atoms with Gasteiger partial charge in [-0.05, 0) is 48.1 Å². The fourth-order valence-electron chi connectivity index (χ4n) is 2.30. The third-order valence-electron chi connectivity index (χ3n) is 3.35. The second-order valence-electron chi connectivity index (χ2n) is 4.68. The molecule has 1 aromatic carbocycles. The summed E-state index contributed by atoms with van der Waals surface area (Å²) in [6, 6.07) is 8.57. The number of aryl methyl sites for hydroxylation is 2. The number of methoxy groups -OCH3 is 1. The fourth-order valence-corrected chi connectivity index (χ4v) is 3.05. The van der Waals surface area contributed by atoms with Crippen molar-refractivity contribution in [3.63, 3.8) is 0 Å². The molecular formula is C15H20N2OS. The minimum atomic E-state index is 0.128. The van der Waals surface area contributed by atoms with Crippen LogP contribution in [-0.4, -0.2) is 7.11 Å². The van der Waals surface area contributed by atoms with Crippen LogP contribution in [0.15, 0.2) is 29.6 Å². The zero-order valence-corrected chi connectivity index (χ0v) is 12.4. The van der Waals surface area contributed by atoms with Crippen molar-refractivity contribution in [3.05, 3.63) is 51.2 Å². The second-order valence-corrected chi connectivity index (χ2v) is 5.71. The van der Waals surface area contributed by atoms with E-state index in [0.29, 0.717) is 0 Å². The van der Waals surface area contributed by atoms with E-state index in [0.717, 1.165) is 17.7 Å². The Morgan fingerprint density at radius 3 is 2.68 bits per heavy atom. The van der Waals surface area contributed by atoms with Crippen molar-refractivity contribution in [1.82, 2.24) is 5.43 Å². The van der Waals surface area contributed by atoms with E-state index in [9.17, 15) is 0 Å². The molecule has 0 spiro atoms. The Morgan fingerprint density at radius 1 is 1.32 bits per heavy atom. The van der Waals surface area contributed by atoms with E-state index in [1.165, 1.54) is 16.0 Å². The zero-order chi connectivity index (χ0) is 13.8. The Labute approximate surface area is 118 Å². The molecule has 4 heteroatoms. The quantitative estimate of drug-likeness (QED) is 0.651. The Hall–Kier alpha value is -1.36. The van der Waals surface area contributed by atoms with Crippen molar-refractivity contribution in [1.29, 1.82) is 0 Å². The normalized spacial score (nSPS) is 12.4. The highest BCUT2D eigenvalue weighted by molar-refractivity contribution is 7.09. The minimum Gasteiger partial charge on any atom is -0.496 e. The van der Waals surface area contributed by atoms with E-state index in [1.54, 1.807) is 18.4 Å². The summed E-state index contributed by atoms with van der Waals surface area (Å²) in [4.78, 5) is 1.33. The molecule has 102 valence electrons. The number of thiophene rings is 1. The summed E-state index contributed by atoms with van der Waals surface area (Å²) in [5.41, 5.74) is 6.49. The van der Waals surface area contributed by atoms with Gasteiger partial charge in [-0.15, -0.1) is 11.3 Å². The molecule has 0 saturated heterocycles. The highest BCUT2D eigenvalue weighted by atomic mass is 32.1. The Balaban J connectivity index is 2.30. The summed E-state index contributed by atoms with van der Waals surface area (Å²) in [6.45, 7) is 4.15. The number of hydrogen-bond acceptors (Lipinski definition) is 4. The first kappa shape index (κ1) is 14.1. The van der Waals surface area contributed by atoms with Gasteiger partial charge in [-0.3, -0.25) is 11.3 Å². The molecule has 0 bridgehead atoms. The van der Waals surface area contributed by atoms with Crippen molar-refractivity contribution < 1.29 is 4.74 Å². The summed E-state index contributed by atoms with van der Waals surface area (Å²) in [5.74, 6) is 6.66. The van der Waals surface area contributed by atoms with Gasteiger partial charge in [0.15, 0.2) is 0 Å². The van der Waals surface area contributed by atoms with Crippen molar-refractivity contribution >= 4 is 11.3 Å². The maximum atomic E-state index is 5.73. The smallest absolute Gasteiger partial charge is 0.122 e. The van der Waals surface area contributed by atoms with Crippen LogP contribution in [0.3, 0.4) is 0 Å². The molecule has 19 heavy (non-hydrogen) atoms. The average molecular weight is 276 g/mol. The van der Waals surface area contributed by atoms with Crippen molar-refractivity contribution in [2.45, 2.75) is 26.3 Å². The molecule has 1 atom stereocenters. The van der Waals surface area contributed by atoms with Gasteiger partial charge in [-0.2, -0.15) is 0 Å². The van der Waals surface area contributed by atoms with Crippen LogP contribution in [0.2, 0.25) is 0 Å². The average Bonchev–Trinajstić information content (AvgIpc) is 2.91. The van der Waals surface area contributed by atoms with Crippen molar-refractivity contribution in [2.24, 2.45) is 5.84 Å². The SMILES string of the molecule is COc1cc(C)c(C(Cc2cccs2)NN)cc1C. The number of nitrogens with two attached hydrogens (primary N) is 1. The van der Waals surface area contributed by atoms with Gasteiger partial charge in [-0.25, -0.2) is 0 Å². The number of hydrogen-bond donors (Lipinski definition) is 2. The molecule has 0 radical (unpaired) electrons. The van der Waals surface area contributed by atoms with Gasteiger partial charge in [0.05, 0.1) is 13.2 Å². The molecule has 3 N–H and O–H groups in total. The molecule has 0 aliphatic rings. The van der Waals surface area contributed by atoms with Crippen LogP contribution in [0.4, 0.5) is 0 Å². The van der Waals surface area contributed by atoms with Crippen LogP contribution in [-0.2, 0) is 6.42 Å². The molecule has 1 unspecified atom stereocenters. The van der Waals surface area contributed by atoms with Crippen LogP contribution < -0.4 is 16.0 Å². The topological polar surface area (TPSA) is 47.3 Å². The van der Waals surface area contributed by atoms with E-state index in [-0.39, 0.29) is 6.04 Å². The van der Waals surface area contributed by atoms with Gasteiger partial charge in [-0.1, -0.05) is 12.1 Å². The van der Waals surface area contributed by atoms with Crippen LogP contribution in [0.25, 0.3) is 0 Å². The largest absolute Gasteiger partial charge is 0.496 e. The summed E-state index contributed by atoms with van der Waals surface area (Å²) < 4.78 is 5.35. The van der Waals surface area contributed by atoms with Crippen molar-refractivity contribution in [2.75, 3.05) is 7.11 Å². The van der Waals surface area contributed by atoms with Crippen LogP contribution >= 0.6 is 11.3 Å². The van der Waals surface area contributed by atoms with Gasteiger partial charge >= 0.3 is 0 Å². The predicted molar refractivity (Wildman–Crippen MR) is 80.6 cm³/mol. The highest BCUT2D eigenvalue weighted by Gasteiger charge is 2.15. The molecule has 1 heterocycles. The molecule has 3 nitrogen and oxygen atoms in total. The number of hydrazine groups is 1. The maximum absolute atomic E-state index is 5.73. The van der Waals surface area contributed by atoms with E-state index >= 15 is 0 Å². The lowest BCUT2D eigenvalue weighted by atomic mass is 9.96. The fraction of sp³-hybridized carbons (Fsp3) is 0.333. The number of ether oxygens (including phenoxy) is 1. The predicted octanol–water partition coefficient (Wildman–Crippen LogP) is 3.12. The van der Waals surface area contributed by atoms with E-state index in [2.05, 4.69) is 48.9 Å². The molecule has 0 aliphatic heterocycles. The molecule has 0 saturated carbocycles. The van der Waals surface area contributed by atoms with Crippen LogP contribution in [0, 0.1) is 13.8 Å². The molecule has 2 aromatic rings. The molecule has 0 fully saturated rings. The first-order chi connectivity index (χ1) is 9.15. The first-order valence-electron chi connectivity index (χ1n) is 6.29. The van der Waals surface area contributed by atoms with Crippen LogP contribution in [0.5, 0.6) is 5.75 Å². The Kier molecular flexibility index (Phi) is 4.58. The molecular weight excluding hydrogens is 256 g/mol. The summed E-state index contributed by atoms with van der Waals surface area (Å²) in [5, 5.41) is 2.09. The highest BCUT2D eigenvalue weighted by Crippen LogP contribution is 2.28. The molecule has 0 amide bonds. The molecule has 1 aromatic heterocycles. The summed E-state index contributed by atoms with van der Waals surface area (Å²) in [7, 11) is 1.70. The Morgan fingerprint density at radius 2 is 2.11 bits per heavy atom. The third kappa shape index (κ3) is 3.15. The van der Waals surface area contributed by atoms with E-state index in [4.69, 9.17) is 10.6 Å². The molecule has 0 aliphatic carbocycles. The minimum absolute atomic E-state index is 0.128. The third-order valence-corrected chi connectivity index (χ3v) is 4.24. The van der Waals surface area contributed by atoms with Gasteiger partial charge in [0.25, 0.3) is 0 Å². The summed E-state index contributed by atoms with van der Waals surface area (Å²) in [6.07, 6.45) is 0.904. The number of nitrogens with one attached hydrogen (secondary N) is 1. The standard InChI is InChI=1S/C15H20N2OS/c1-10-8-15(18-3)11(2)7-13(10)14(17-16)9-12-5-4-6-19-12/h4-8,14,17H,9,16H2,1-3H3. The zero-order valence-electron chi connectivity index (χ0n) is 11.6. The second kappa shape index (κ2) is 6.19. The lowest BCUT2D eigenvalue weighted by Gasteiger charge is -2.20. The van der Waals surface area contributed by atoms with Crippen LogP contribution in [0.1, 0.15) is 27.6 Å². The maximum Gasteiger partial charge on any atom is 0.122 e. The summed E-state index contributed by atoms with van der Waals surface area (Å²) >= 11 is 1.76. The van der Waals surface area contributed by atoms with E-state index < -0.39 is 0 Å². The van der Waals surface area contributed by atoms with E-state index in [1.807, 2.05) is 0 Å². The molecule has 2 rings (SSSR count). The Bertz CT molecular complexity index is 537. The number of benzene rings is 1. The first-order valence-corrected chi connectivity index (χ1v) is 7.17.